The van der Waals surface area contributed by atoms with E-state index < -0.39 is 0 Å². The number of benzene rings is 3. The van der Waals surface area contributed by atoms with E-state index in [0.717, 1.165) is 41.5 Å². The Morgan fingerprint density at radius 3 is 2.34 bits per heavy atom. The van der Waals surface area contributed by atoms with Gasteiger partial charge in [0.15, 0.2) is 5.75 Å². The summed E-state index contributed by atoms with van der Waals surface area (Å²) < 4.78 is 6.09. The minimum atomic E-state index is -0.0518. The van der Waals surface area contributed by atoms with Crippen molar-refractivity contribution in [1.29, 1.82) is 0 Å². The number of aryl methyl sites for hydroxylation is 1. The number of carbonyl (C=O) groups excluding carboxylic acids is 1. The fraction of sp³-hybridized carbons (Fsp3) is 0.208. The van der Waals surface area contributed by atoms with Crippen LogP contribution < -0.4 is 15.0 Å². The number of amides is 2. The third-order valence-electron chi connectivity index (χ3n) is 5.01. The van der Waals surface area contributed by atoms with Crippen molar-refractivity contribution in [3.05, 3.63) is 84.4 Å². The summed E-state index contributed by atoms with van der Waals surface area (Å²) in [5, 5.41) is 2.99. The van der Waals surface area contributed by atoms with E-state index in [-0.39, 0.29) is 6.03 Å². The van der Waals surface area contributed by atoms with E-state index in [1.54, 1.807) is 0 Å². The second-order valence-corrected chi connectivity index (χ2v) is 7.16. The standard InChI is InChI=1S/C24H25N3O2/c1-19-8-7-9-20(18-19)25-24(28)27-16-14-26(15-17-27)22-12-5-6-13-23(22)29-21-10-3-2-4-11-21/h2-13,18H,14-17H2,1H3,(H,25,28). The molecular weight excluding hydrogens is 362 g/mol. The highest BCUT2D eigenvalue weighted by Gasteiger charge is 2.23. The van der Waals surface area contributed by atoms with E-state index in [0.29, 0.717) is 13.1 Å². The first-order valence-electron chi connectivity index (χ1n) is 9.88. The van der Waals surface area contributed by atoms with Crippen molar-refractivity contribution in [2.24, 2.45) is 0 Å². The van der Waals surface area contributed by atoms with Crippen LogP contribution in [0.15, 0.2) is 78.9 Å². The molecule has 0 bridgehead atoms. The first-order valence-corrected chi connectivity index (χ1v) is 9.88. The second kappa shape index (κ2) is 8.69. The van der Waals surface area contributed by atoms with E-state index in [1.165, 1.54) is 0 Å². The number of urea groups is 1. The lowest BCUT2D eigenvalue weighted by Crippen LogP contribution is -2.50. The topological polar surface area (TPSA) is 44.8 Å². The molecule has 148 valence electrons. The van der Waals surface area contributed by atoms with Crippen LogP contribution in [0.4, 0.5) is 16.2 Å². The van der Waals surface area contributed by atoms with Gasteiger partial charge >= 0.3 is 6.03 Å². The van der Waals surface area contributed by atoms with Crippen LogP contribution in [0.3, 0.4) is 0 Å². The molecule has 0 spiro atoms. The number of ether oxygens (including phenoxy) is 1. The van der Waals surface area contributed by atoms with Crippen LogP contribution in [0.5, 0.6) is 11.5 Å². The van der Waals surface area contributed by atoms with Crippen LogP contribution in [0.2, 0.25) is 0 Å². The van der Waals surface area contributed by atoms with Gasteiger partial charge in [-0.25, -0.2) is 4.79 Å². The highest BCUT2D eigenvalue weighted by Crippen LogP contribution is 2.32. The molecule has 3 aromatic rings. The summed E-state index contributed by atoms with van der Waals surface area (Å²) in [6.45, 7) is 4.87. The molecule has 1 saturated heterocycles. The molecule has 1 aliphatic heterocycles. The maximum Gasteiger partial charge on any atom is 0.321 e. The number of carbonyl (C=O) groups is 1. The van der Waals surface area contributed by atoms with Gasteiger partial charge in [0.2, 0.25) is 0 Å². The smallest absolute Gasteiger partial charge is 0.321 e. The van der Waals surface area contributed by atoms with Crippen molar-refractivity contribution in [1.82, 2.24) is 4.90 Å². The van der Waals surface area contributed by atoms with Crippen LogP contribution in [0, 0.1) is 6.92 Å². The minimum Gasteiger partial charge on any atom is -0.455 e. The number of nitrogens with one attached hydrogen (secondary N) is 1. The number of piperazine rings is 1. The minimum absolute atomic E-state index is 0.0518. The Hall–Kier alpha value is -3.47. The van der Waals surface area contributed by atoms with Gasteiger partial charge in [0.25, 0.3) is 0 Å². The number of hydrogen-bond donors (Lipinski definition) is 1. The number of para-hydroxylation sites is 3. The van der Waals surface area contributed by atoms with Crippen LogP contribution in [-0.4, -0.2) is 37.1 Å². The zero-order chi connectivity index (χ0) is 20.1. The molecule has 0 radical (unpaired) electrons. The van der Waals surface area contributed by atoms with E-state index in [4.69, 9.17) is 4.74 Å². The molecule has 1 heterocycles. The number of hydrogen-bond acceptors (Lipinski definition) is 3. The van der Waals surface area contributed by atoms with Gasteiger partial charge in [0.05, 0.1) is 5.69 Å². The Morgan fingerprint density at radius 2 is 1.59 bits per heavy atom. The Kier molecular flexibility index (Phi) is 5.66. The van der Waals surface area contributed by atoms with E-state index >= 15 is 0 Å². The van der Waals surface area contributed by atoms with Gasteiger partial charge in [0.1, 0.15) is 5.75 Å². The molecule has 2 amide bonds. The second-order valence-electron chi connectivity index (χ2n) is 7.16. The Bertz CT molecular complexity index is 967. The Balaban J connectivity index is 1.39. The lowest BCUT2D eigenvalue weighted by Gasteiger charge is -2.36. The summed E-state index contributed by atoms with van der Waals surface area (Å²) in [6, 6.07) is 25.7. The molecule has 4 rings (SSSR count). The quantitative estimate of drug-likeness (QED) is 0.674. The van der Waals surface area contributed by atoms with Gasteiger partial charge in [-0.05, 0) is 48.9 Å². The molecule has 1 fully saturated rings. The molecule has 29 heavy (non-hydrogen) atoms. The molecular formula is C24H25N3O2. The van der Waals surface area contributed by atoms with Gasteiger partial charge in [-0.15, -0.1) is 0 Å². The maximum absolute atomic E-state index is 12.6. The van der Waals surface area contributed by atoms with Crippen molar-refractivity contribution in [2.75, 3.05) is 36.4 Å². The number of anilines is 2. The van der Waals surface area contributed by atoms with Gasteiger partial charge in [-0.3, -0.25) is 0 Å². The molecule has 0 atom stereocenters. The third-order valence-corrected chi connectivity index (χ3v) is 5.01. The van der Waals surface area contributed by atoms with E-state index in [2.05, 4.69) is 16.3 Å². The largest absolute Gasteiger partial charge is 0.455 e. The first kappa shape index (κ1) is 18.9. The van der Waals surface area contributed by atoms with Crippen molar-refractivity contribution >= 4 is 17.4 Å². The van der Waals surface area contributed by atoms with Crippen molar-refractivity contribution in [3.8, 4) is 11.5 Å². The van der Waals surface area contributed by atoms with Crippen LogP contribution in [0.1, 0.15) is 5.56 Å². The summed E-state index contributed by atoms with van der Waals surface area (Å²) in [7, 11) is 0. The summed E-state index contributed by atoms with van der Waals surface area (Å²) in [5.41, 5.74) is 3.01. The van der Waals surface area contributed by atoms with Crippen molar-refractivity contribution < 1.29 is 9.53 Å². The molecule has 0 aliphatic carbocycles. The van der Waals surface area contributed by atoms with Gasteiger partial charge in [0, 0.05) is 31.9 Å². The summed E-state index contributed by atoms with van der Waals surface area (Å²) in [4.78, 5) is 16.7. The van der Waals surface area contributed by atoms with Crippen LogP contribution in [-0.2, 0) is 0 Å². The lowest BCUT2D eigenvalue weighted by atomic mass is 10.2. The van der Waals surface area contributed by atoms with Gasteiger partial charge < -0.3 is 19.9 Å². The van der Waals surface area contributed by atoms with Gasteiger partial charge in [-0.2, -0.15) is 0 Å². The lowest BCUT2D eigenvalue weighted by molar-refractivity contribution is 0.208. The zero-order valence-electron chi connectivity index (χ0n) is 16.5. The van der Waals surface area contributed by atoms with Crippen LogP contribution >= 0.6 is 0 Å². The molecule has 5 heteroatoms. The SMILES string of the molecule is Cc1cccc(NC(=O)N2CCN(c3ccccc3Oc3ccccc3)CC2)c1. The predicted octanol–water partition coefficient (Wildman–Crippen LogP) is 5.14. The molecule has 0 unspecified atom stereocenters. The number of nitrogens with zero attached hydrogens (tertiary/aromatic N) is 2. The zero-order valence-corrected chi connectivity index (χ0v) is 16.5. The monoisotopic (exact) mass is 387 g/mol. The molecule has 1 aliphatic rings. The van der Waals surface area contributed by atoms with Crippen LogP contribution in [0.25, 0.3) is 0 Å². The summed E-state index contributed by atoms with van der Waals surface area (Å²) >= 11 is 0. The molecule has 3 aromatic carbocycles. The molecule has 0 aromatic heterocycles. The third kappa shape index (κ3) is 4.69. The summed E-state index contributed by atoms with van der Waals surface area (Å²) in [5.74, 6) is 1.65. The molecule has 5 nitrogen and oxygen atoms in total. The average molecular weight is 387 g/mol. The van der Waals surface area contributed by atoms with E-state index in [1.807, 2.05) is 84.6 Å². The highest BCUT2D eigenvalue weighted by atomic mass is 16.5. The highest BCUT2D eigenvalue weighted by molar-refractivity contribution is 5.89. The summed E-state index contributed by atoms with van der Waals surface area (Å²) in [6.07, 6.45) is 0. The van der Waals surface area contributed by atoms with E-state index in [9.17, 15) is 4.79 Å². The fourth-order valence-corrected chi connectivity index (χ4v) is 3.50. The van der Waals surface area contributed by atoms with Gasteiger partial charge in [-0.1, -0.05) is 42.5 Å². The van der Waals surface area contributed by atoms with Crippen molar-refractivity contribution in [3.63, 3.8) is 0 Å². The normalized spacial score (nSPS) is 13.8. The molecule has 1 N–H and O–H groups in total. The Morgan fingerprint density at radius 1 is 0.862 bits per heavy atom. The molecule has 0 saturated carbocycles. The predicted molar refractivity (Wildman–Crippen MR) is 117 cm³/mol. The van der Waals surface area contributed by atoms with Crippen molar-refractivity contribution in [2.45, 2.75) is 6.92 Å². The first-order chi connectivity index (χ1) is 14.2. The fourth-order valence-electron chi connectivity index (χ4n) is 3.50. The number of rotatable bonds is 4. The average Bonchev–Trinajstić information content (AvgIpc) is 2.75. The maximum atomic E-state index is 12.6. The Labute approximate surface area is 171 Å².